The summed E-state index contributed by atoms with van der Waals surface area (Å²) in [5, 5.41) is 4.34. The molecular weight excluding hydrogens is 366 g/mol. The summed E-state index contributed by atoms with van der Waals surface area (Å²) in [6, 6.07) is 3.67. The van der Waals surface area contributed by atoms with Crippen LogP contribution in [0.1, 0.15) is 45.1 Å². The lowest BCUT2D eigenvalue weighted by molar-refractivity contribution is -0.179. The van der Waals surface area contributed by atoms with Crippen LogP contribution in [0.4, 0.5) is 4.79 Å². The van der Waals surface area contributed by atoms with E-state index >= 15 is 0 Å². The van der Waals surface area contributed by atoms with Crippen LogP contribution in [0.3, 0.4) is 0 Å². The van der Waals surface area contributed by atoms with E-state index in [0.717, 1.165) is 5.76 Å². The third-order valence-electron chi connectivity index (χ3n) is 4.40. The van der Waals surface area contributed by atoms with Crippen molar-refractivity contribution >= 4 is 12.1 Å². The molecule has 0 saturated carbocycles. The number of hydrogen-bond acceptors (Lipinski definition) is 8. The van der Waals surface area contributed by atoms with Gasteiger partial charge in [0.25, 0.3) is 5.91 Å². The monoisotopic (exact) mass is 393 g/mol. The lowest BCUT2D eigenvalue weighted by atomic mass is 9.92. The number of piperidine rings is 1. The third-order valence-corrected chi connectivity index (χ3v) is 4.40. The highest BCUT2D eigenvalue weighted by molar-refractivity contribution is 5.93. The van der Waals surface area contributed by atoms with Crippen molar-refractivity contribution in [2.45, 2.75) is 58.3 Å². The zero-order valence-electron chi connectivity index (χ0n) is 16.7. The van der Waals surface area contributed by atoms with Gasteiger partial charge in [-0.3, -0.25) is 15.1 Å². The largest absolute Gasteiger partial charge is 0.528 e. The minimum Gasteiger partial charge on any atom is -0.465 e. The highest BCUT2D eigenvalue weighted by Crippen LogP contribution is 2.32. The molecule has 0 aromatic carbocycles. The molecule has 0 aliphatic carbocycles. The highest BCUT2D eigenvalue weighted by atomic mass is 16.8. The van der Waals surface area contributed by atoms with Crippen LogP contribution in [0.2, 0.25) is 0 Å². The molecular formula is C19H27N3O6. The second-order valence-corrected chi connectivity index (χ2v) is 8.01. The molecule has 3 heterocycles. The van der Waals surface area contributed by atoms with E-state index in [2.05, 4.69) is 10.8 Å². The minimum atomic E-state index is -0.724. The summed E-state index contributed by atoms with van der Waals surface area (Å²) in [5.41, 5.74) is 1.88. The number of rotatable bonds is 4. The maximum Gasteiger partial charge on any atom is 0.528 e. The topological polar surface area (TPSA) is 102 Å². The van der Waals surface area contributed by atoms with E-state index in [1.807, 2.05) is 19.1 Å². The summed E-state index contributed by atoms with van der Waals surface area (Å²) >= 11 is 0. The van der Waals surface area contributed by atoms with Gasteiger partial charge in [-0.1, -0.05) is 0 Å². The first kappa shape index (κ1) is 20.2. The molecule has 154 valence electrons. The second-order valence-electron chi connectivity index (χ2n) is 8.01. The molecule has 0 radical (unpaired) electrons. The Labute approximate surface area is 163 Å². The fourth-order valence-electron chi connectivity index (χ4n) is 3.01. The number of carbonyl (C=O) groups excluding carboxylic acids is 2. The molecule has 3 rings (SSSR count). The average Bonchev–Trinajstić information content (AvgIpc) is 3.20. The normalized spacial score (nSPS) is 19.1. The maximum absolute atomic E-state index is 12.3. The summed E-state index contributed by atoms with van der Waals surface area (Å²) in [4.78, 5) is 35.0. The molecule has 0 bridgehead atoms. The van der Waals surface area contributed by atoms with E-state index < -0.39 is 17.4 Å². The first-order chi connectivity index (χ1) is 13.1. The molecule has 1 saturated heterocycles. The Morgan fingerprint density at radius 2 is 2.00 bits per heavy atom. The zero-order chi connectivity index (χ0) is 20.4. The Morgan fingerprint density at radius 1 is 1.29 bits per heavy atom. The van der Waals surface area contributed by atoms with Gasteiger partial charge in [0, 0.05) is 13.1 Å². The molecule has 9 heteroatoms. The van der Waals surface area contributed by atoms with Crippen LogP contribution in [-0.4, -0.2) is 41.4 Å². The summed E-state index contributed by atoms with van der Waals surface area (Å²) < 4.78 is 10.6. The lowest BCUT2D eigenvalue weighted by Crippen LogP contribution is -2.45. The number of aryl methyl sites for hydroxylation is 1. The number of hydrogen-bond donors (Lipinski definition) is 2. The molecule has 0 unspecified atom stereocenters. The summed E-state index contributed by atoms with van der Waals surface area (Å²) in [7, 11) is 0. The van der Waals surface area contributed by atoms with Crippen molar-refractivity contribution in [3.05, 3.63) is 35.4 Å². The van der Waals surface area contributed by atoms with E-state index in [-0.39, 0.29) is 5.91 Å². The molecule has 2 aliphatic heterocycles. The summed E-state index contributed by atoms with van der Waals surface area (Å²) in [6.07, 6.45) is 2.20. The predicted octanol–water partition coefficient (Wildman–Crippen LogP) is 2.32. The average molecular weight is 393 g/mol. The van der Waals surface area contributed by atoms with E-state index in [9.17, 15) is 9.59 Å². The second kappa shape index (κ2) is 7.84. The van der Waals surface area contributed by atoms with Crippen LogP contribution in [0.5, 0.6) is 0 Å². The van der Waals surface area contributed by atoms with Gasteiger partial charge in [0.05, 0.1) is 6.54 Å². The fourth-order valence-corrected chi connectivity index (χ4v) is 3.01. The number of ether oxygens (including phenoxy) is 1. The molecule has 1 amide bonds. The van der Waals surface area contributed by atoms with Gasteiger partial charge in [0.1, 0.15) is 28.4 Å². The van der Waals surface area contributed by atoms with Crippen LogP contribution < -0.4 is 10.8 Å². The number of nitrogens with zero attached hydrogens (tertiary/aromatic N) is 1. The van der Waals surface area contributed by atoms with Crippen LogP contribution >= 0.6 is 0 Å². The van der Waals surface area contributed by atoms with Crippen molar-refractivity contribution in [1.29, 1.82) is 0 Å². The molecule has 0 atom stereocenters. The number of nitrogens with one attached hydrogen (secondary N) is 2. The maximum atomic E-state index is 12.3. The van der Waals surface area contributed by atoms with Crippen molar-refractivity contribution in [2.75, 3.05) is 13.1 Å². The molecule has 1 spiro atoms. The lowest BCUT2D eigenvalue weighted by Gasteiger charge is -2.35. The quantitative estimate of drug-likeness (QED) is 0.752. The van der Waals surface area contributed by atoms with Gasteiger partial charge in [-0.15, -0.1) is 5.06 Å². The van der Waals surface area contributed by atoms with Gasteiger partial charge in [-0.2, -0.15) is 0 Å². The number of hydroxylamine groups is 3. The Morgan fingerprint density at radius 3 is 2.61 bits per heavy atom. The molecule has 2 N–H and O–H groups in total. The summed E-state index contributed by atoms with van der Waals surface area (Å²) in [6.45, 7) is 8.43. The van der Waals surface area contributed by atoms with Crippen molar-refractivity contribution in [3.63, 3.8) is 0 Å². The van der Waals surface area contributed by atoms with Crippen LogP contribution in [0.15, 0.2) is 28.3 Å². The molecule has 1 aromatic rings. The first-order valence-corrected chi connectivity index (χ1v) is 9.30. The summed E-state index contributed by atoms with van der Waals surface area (Å²) in [5.74, 6) is 1.22. The molecule has 1 fully saturated rings. The minimum absolute atomic E-state index is 0.265. The Bertz CT molecular complexity index is 756. The van der Waals surface area contributed by atoms with Crippen molar-refractivity contribution < 1.29 is 28.4 Å². The van der Waals surface area contributed by atoms with Crippen molar-refractivity contribution in [3.8, 4) is 0 Å². The van der Waals surface area contributed by atoms with Crippen molar-refractivity contribution in [1.82, 2.24) is 15.9 Å². The standard InChI is InChI=1S/C19H27N3O6/c1-13-5-6-14(25-13)12-20-16(23)15-11-19(28-21-15)7-9-22(10-8-19)27-17(24)26-18(2,3)4/h5-6,11,21H,7-10,12H2,1-4H3,(H,20,23). The van der Waals surface area contributed by atoms with Gasteiger partial charge in [-0.05, 0) is 58.7 Å². The highest BCUT2D eigenvalue weighted by Gasteiger charge is 2.41. The van der Waals surface area contributed by atoms with Crippen LogP contribution in [0.25, 0.3) is 0 Å². The number of amides is 1. The van der Waals surface area contributed by atoms with E-state index in [1.165, 1.54) is 0 Å². The smallest absolute Gasteiger partial charge is 0.465 e. The molecule has 1 aromatic heterocycles. The Balaban J connectivity index is 1.48. The predicted molar refractivity (Wildman–Crippen MR) is 98.5 cm³/mol. The molecule has 2 aliphatic rings. The van der Waals surface area contributed by atoms with Gasteiger partial charge in [0.2, 0.25) is 0 Å². The molecule has 28 heavy (non-hydrogen) atoms. The SMILES string of the molecule is Cc1ccc(CNC(=O)C2=CC3(CCN(OC(=O)OC(C)(C)C)CC3)ON2)o1. The van der Waals surface area contributed by atoms with Crippen LogP contribution in [0, 0.1) is 6.92 Å². The fraction of sp³-hybridized carbons (Fsp3) is 0.579. The van der Waals surface area contributed by atoms with Crippen LogP contribution in [-0.2, 0) is 25.8 Å². The third kappa shape index (κ3) is 5.26. The van der Waals surface area contributed by atoms with Gasteiger partial charge < -0.3 is 19.3 Å². The Hall–Kier alpha value is -2.52. The first-order valence-electron chi connectivity index (χ1n) is 9.30. The Kier molecular flexibility index (Phi) is 5.66. The van der Waals surface area contributed by atoms with E-state index in [4.69, 9.17) is 18.8 Å². The molecule has 9 nitrogen and oxygen atoms in total. The number of furan rings is 1. The van der Waals surface area contributed by atoms with Gasteiger partial charge >= 0.3 is 6.16 Å². The van der Waals surface area contributed by atoms with E-state index in [1.54, 1.807) is 31.9 Å². The number of carbonyl (C=O) groups is 2. The zero-order valence-corrected chi connectivity index (χ0v) is 16.7. The van der Waals surface area contributed by atoms with Gasteiger partial charge in [-0.25, -0.2) is 4.79 Å². The van der Waals surface area contributed by atoms with E-state index in [0.29, 0.717) is 43.9 Å². The van der Waals surface area contributed by atoms with Crippen molar-refractivity contribution in [2.24, 2.45) is 0 Å². The van der Waals surface area contributed by atoms with Gasteiger partial charge in [0.15, 0.2) is 0 Å².